The van der Waals surface area contributed by atoms with Crippen LogP contribution < -0.4 is 11.5 Å². The summed E-state index contributed by atoms with van der Waals surface area (Å²) in [6, 6.07) is 18.8. The van der Waals surface area contributed by atoms with Crippen LogP contribution in [-0.4, -0.2) is 46.1 Å². The van der Waals surface area contributed by atoms with Gasteiger partial charge in [0.2, 0.25) is 5.91 Å². The highest BCUT2D eigenvalue weighted by molar-refractivity contribution is 5.94. The third-order valence-corrected chi connectivity index (χ3v) is 4.99. The fourth-order valence-corrected chi connectivity index (χ4v) is 3.33. The molecule has 0 unspecified atom stereocenters. The molecule has 10 heteroatoms. The Morgan fingerprint density at radius 1 is 1.09 bits per heavy atom. The van der Waals surface area contributed by atoms with Gasteiger partial charge in [-0.2, -0.15) is 0 Å². The van der Waals surface area contributed by atoms with Gasteiger partial charge in [-0.3, -0.25) is 15.1 Å². The van der Waals surface area contributed by atoms with Gasteiger partial charge in [0, 0.05) is 30.5 Å². The van der Waals surface area contributed by atoms with E-state index in [0.717, 1.165) is 11.1 Å². The van der Waals surface area contributed by atoms with Crippen molar-refractivity contribution >= 4 is 30.6 Å². The predicted octanol–water partition coefficient (Wildman–Crippen LogP) is 2.57. The molecule has 0 aliphatic heterocycles. The summed E-state index contributed by atoms with van der Waals surface area (Å²) in [4.78, 5) is 29.2. The normalized spacial score (nSPS) is 11.0. The number of oxazole rings is 1. The van der Waals surface area contributed by atoms with Crippen LogP contribution in [-0.2, 0) is 16.0 Å². The molecule has 3 aromatic rings. The fourth-order valence-electron chi connectivity index (χ4n) is 3.33. The van der Waals surface area contributed by atoms with Crippen LogP contribution in [0, 0.1) is 5.41 Å². The molecule has 0 aliphatic rings. The van der Waals surface area contributed by atoms with Gasteiger partial charge in [-0.1, -0.05) is 60.7 Å². The second kappa shape index (κ2) is 13.9. The zero-order chi connectivity index (χ0) is 22.9. The number of aldehydes is 1. The molecule has 3 rings (SSSR count). The summed E-state index contributed by atoms with van der Waals surface area (Å²) in [6.45, 7) is 0.228. The van der Waals surface area contributed by atoms with Crippen molar-refractivity contribution in [2.24, 2.45) is 11.5 Å². The van der Waals surface area contributed by atoms with Gasteiger partial charge in [-0.05, 0) is 12.8 Å². The van der Waals surface area contributed by atoms with E-state index in [2.05, 4.69) is 4.98 Å². The Morgan fingerprint density at radius 3 is 2.24 bits per heavy atom. The topological polar surface area (TPSA) is 171 Å². The number of nitrogens with one attached hydrogen (secondary N) is 1. The smallest absolute Gasteiger partial charge is 0.229 e. The third-order valence-electron chi connectivity index (χ3n) is 4.99. The minimum Gasteiger partial charge on any atom is -0.440 e. The first kappa shape index (κ1) is 28.5. The number of carbonyl (C=O) groups is 2. The molecular weight excluding hydrogens is 458 g/mol. The molecule has 0 saturated carbocycles. The van der Waals surface area contributed by atoms with Gasteiger partial charge in [0.15, 0.2) is 17.6 Å². The summed E-state index contributed by atoms with van der Waals surface area (Å²) in [6.07, 6.45) is 1.91. The molecule has 2 aromatic carbocycles. The van der Waals surface area contributed by atoms with E-state index in [1.807, 2.05) is 60.7 Å². The Kier molecular flexibility index (Phi) is 11.6. The minimum absolute atomic E-state index is 0. The SMILES string of the molecule is Cl.N=C(N)N(CCC[C@H](N)C=O)C(=O)CCc1nc(-c2ccccc2)c(-c2ccccc2)o1.O. The monoisotopic (exact) mass is 487 g/mol. The van der Waals surface area contributed by atoms with E-state index in [9.17, 15) is 9.59 Å². The number of aromatic nitrogens is 1. The zero-order valence-corrected chi connectivity index (χ0v) is 19.5. The molecule has 0 radical (unpaired) electrons. The fraction of sp³-hybridized carbons (Fsp3) is 0.250. The predicted molar refractivity (Wildman–Crippen MR) is 133 cm³/mol. The van der Waals surface area contributed by atoms with Crippen LogP contribution in [0.2, 0.25) is 0 Å². The molecule has 0 bridgehead atoms. The van der Waals surface area contributed by atoms with Crippen LogP contribution >= 0.6 is 12.4 Å². The lowest BCUT2D eigenvalue weighted by atomic mass is 10.1. The summed E-state index contributed by atoms with van der Waals surface area (Å²) < 4.78 is 6.05. The summed E-state index contributed by atoms with van der Waals surface area (Å²) in [5.74, 6) is 0.433. The molecule has 1 aromatic heterocycles. The maximum absolute atomic E-state index is 12.7. The largest absolute Gasteiger partial charge is 0.440 e. The zero-order valence-electron chi connectivity index (χ0n) is 18.6. The molecule has 1 amide bonds. The molecule has 0 saturated heterocycles. The van der Waals surface area contributed by atoms with E-state index in [4.69, 9.17) is 21.3 Å². The van der Waals surface area contributed by atoms with Crippen LogP contribution in [0.15, 0.2) is 65.1 Å². The van der Waals surface area contributed by atoms with Crippen molar-refractivity contribution in [1.82, 2.24) is 9.88 Å². The average Bonchev–Trinajstić information content (AvgIpc) is 3.25. The molecule has 34 heavy (non-hydrogen) atoms. The Bertz CT molecular complexity index is 1000. The molecule has 1 atom stereocenters. The van der Waals surface area contributed by atoms with Crippen molar-refractivity contribution < 1.29 is 19.5 Å². The first-order valence-corrected chi connectivity index (χ1v) is 10.5. The van der Waals surface area contributed by atoms with Crippen molar-refractivity contribution in [3.63, 3.8) is 0 Å². The number of carbonyl (C=O) groups excluding carboxylic acids is 2. The maximum Gasteiger partial charge on any atom is 0.229 e. The molecule has 0 spiro atoms. The van der Waals surface area contributed by atoms with Crippen molar-refractivity contribution in [3.05, 3.63) is 66.6 Å². The quantitative estimate of drug-likeness (QED) is 0.225. The lowest BCUT2D eigenvalue weighted by molar-refractivity contribution is -0.127. The number of amides is 1. The number of hydrogen-bond acceptors (Lipinski definition) is 6. The highest BCUT2D eigenvalue weighted by Crippen LogP contribution is 2.32. The first-order chi connectivity index (χ1) is 15.5. The van der Waals surface area contributed by atoms with Crippen molar-refractivity contribution in [2.45, 2.75) is 31.7 Å². The van der Waals surface area contributed by atoms with Crippen molar-refractivity contribution in [3.8, 4) is 22.6 Å². The molecule has 182 valence electrons. The Balaban J connectivity index is 0.00000289. The van der Waals surface area contributed by atoms with E-state index < -0.39 is 6.04 Å². The molecular formula is C24H30ClN5O4. The molecule has 0 fully saturated rings. The standard InChI is InChI=1S/C24H27N5O3.ClH.H2O/c25-19(16-30)12-7-15-29(24(26)27)21(31)14-13-20-28-22(17-8-3-1-4-9-17)23(32-20)18-10-5-2-6-11-18;;/h1-6,8-11,16,19H,7,12-15,25H2,(H3,26,27);1H;1H2/t19-;;/m0../s1. The molecule has 0 aliphatic carbocycles. The Hall–Kier alpha value is -3.53. The van der Waals surface area contributed by atoms with Crippen LogP contribution in [0.1, 0.15) is 25.2 Å². The molecule has 7 N–H and O–H groups in total. The highest BCUT2D eigenvalue weighted by atomic mass is 35.5. The van der Waals surface area contributed by atoms with Crippen LogP contribution in [0.25, 0.3) is 22.6 Å². The van der Waals surface area contributed by atoms with E-state index in [0.29, 0.717) is 36.5 Å². The van der Waals surface area contributed by atoms with E-state index in [1.165, 1.54) is 4.90 Å². The van der Waals surface area contributed by atoms with Gasteiger partial charge in [0.05, 0.1) is 6.04 Å². The van der Waals surface area contributed by atoms with E-state index in [1.54, 1.807) is 0 Å². The highest BCUT2D eigenvalue weighted by Gasteiger charge is 2.20. The van der Waals surface area contributed by atoms with Crippen LogP contribution in [0.3, 0.4) is 0 Å². The third kappa shape index (κ3) is 7.51. The number of halogens is 1. The number of guanidine groups is 1. The van der Waals surface area contributed by atoms with Gasteiger partial charge in [0.1, 0.15) is 12.0 Å². The molecule has 1 heterocycles. The molecule has 9 nitrogen and oxygen atoms in total. The number of aryl methyl sites for hydroxylation is 1. The van der Waals surface area contributed by atoms with Crippen molar-refractivity contribution in [2.75, 3.05) is 6.54 Å². The lowest BCUT2D eigenvalue weighted by Gasteiger charge is -2.20. The second-order valence-electron chi connectivity index (χ2n) is 7.39. The van der Waals surface area contributed by atoms with Gasteiger partial charge in [0.25, 0.3) is 0 Å². The number of nitrogens with zero attached hydrogens (tertiary/aromatic N) is 2. The van der Waals surface area contributed by atoms with Crippen LogP contribution in [0.4, 0.5) is 0 Å². The summed E-state index contributed by atoms with van der Waals surface area (Å²) >= 11 is 0. The second-order valence-corrected chi connectivity index (χ2v) is 7.39. The van der Waals surface area contributed by atoms with E-state index in [-0.39, 0.29) is 49.1 Å². The maximum atomic E-state index is 12.7. The van der Waals surface area contributed by atoms with Gasteiger partial charge in [-0.25, -0.2) is 4.98 Å². The summed E-state index contributed by atoms with van der Waals surface area (Å²) in [5.41, 5.74) is 13.7. The van der Waals surface area contributed by atoms with E-state index >= 15 is 0 Å². The summed E-state index contributed by atoms with van der Waals surface area (Å²) in [7, 11) is 0. The number of hydrogen-bond donors (Lipinski definition) is 3. The summed E-state index contributed by atoms with van der Waals surface area (Å²) in [5, 5.41) is 7.70. The number of rotatable bonds is 10. The van der Waals surface area contributed by atoms with Crippen LogP contribution in [0.5, 0.6) is 0 Å². The first-order valence-electron chi connectivity index (χ1n) is 10.5. The Labute approximate surface area is 204 Å². The number of benzene rings is 2. The Morgan fingerprint density at radius 2 is 1.68 bits per heavy atom. The number of nitrogens with two attached hydrogens (primary N) is 2. The van der Waals surface area contributed by atoms with Crippen molar-refractivity contribution in [1.29, 1.82) is 5.41 Å². The van der Waals surface area contributed by atoms with Gasteiger partial charge in [-0.15, -0.1) is 12.4 Å². The minimum atomic E-state index is -0.584. The lowest BCUT2D eigenvalue weighted by Crippen LogP contribution is -2.42. The van der Waals surface area contributed by atoms with Gasteiger partial charge < -0.3 is 26.2 Å². The average molecular weight is 488 g/mol. The van der Waals surface area contributed by atoms with Gasteiger partial charge >= 0.3 is 0 Å².